The minimum atomic E-state index is 0.626. The van der Waals surface area contributed by atoms with E-state index in [1.54, 1.807) is 0 Å². The first kappa shape index (κ1) is 7.81. The molecule has 1 atom stereocenters. The average molecular weight is 179 g/mol. The summed E-state index contributed by atoms with van der Waals surface area (Å²) in [6.45, 7) is 0. The summed E-state index contributed by atoms with van der Waals surface area (Å²) in [4.78, 5) is 0. The van der Waals surface area contributed by atoms with Gasteiger partial charge < -0.3 is 0 Å². The molecule has 0 amide bonds. The highest BCUT2D eigenvalue weighted by Crippen LogP contribution is 2.39. The Bertz CT molecular complexity index is 443. The predicted molar refractivity (Wildman–Crippen MR) is 57.3 cm³/mol. The molecule has 2 aromatic carbocycles. The molecule has 2 aromatic rings. The molecule has 0 spiro atoms. The highest BCUT2D eigenvalue weighted by atomic mass is 14.3. The van der Waals surface area contributed by atoms with Crippen LogP contribution in [0.4, 0.5) is 0 Å². The molecule has 0 bridgehead atoms. The number of benzene rings is 2. The molecule has 1 radical (unpaired) electrons. The molecule has 0 heterocycles. The Kier molecular flexibility index (Phi) is 1.66. The van der Waals surface area contributed by atoms with Gasteiger partial charge in [-0.05, 0) is 29.2 Å². The van der Waals surface area contributed by atoms with Gasteiger partial charge in [-0.25, -0.2) is 0 Å². The van der Waals surface area contributed by atoms with E-state index in [1.807, 2.05) is 12.1 Å². The average Bonchev–Trinajstić information content (AvgIpc) is 2.22. The minimum Gasteiger partial charge on any atom is -0.0620 e. The lowest BCUT2D eigenvalue weighted by Crippen LogP contribution is -2.17. The quantitative estimate of drug-likeness (QED) is 0.630. The molecule has 67 valence electrons. The smallest absolute Gasteiger partial charge is 0.0133 e. The van der Waals surface area contributed by atoms with Crippen molar-refractivity contribution in [2.45, 2.75) is 12.3 Å². The van der Waals surface area contributed by atoms with Crippen LogP contribution in [0.1, 0.15) is 22.6 Å². The Balaban J connectivity index is 2.00. The van der Waals surface area contributed by atoms with Gasteiger partial charge in [0.25, 0.3) is 0 Å². The molecule has 0 heteroatoms. The zero-order valence-corrected chi connectivity index (χ0v) is 7.90. The van der Waals surface area contributed by atoms with E-state index in [9.17, 15) is 0 Å². The second kappa shape index (κ2) is 2.98. The van der Waals surface area contributed by atoms with Crippen molar-refractivity contribution in [3.05, 3.63) is 71.3 Å². The van der Waals surface area contributed by atoms with Crippen molar-refractivity contribution in [2.75, 3.05) is 0 Å². The molecule has 3 rings (SSSR count). The maximum Gasteiger partial charge on any atom is 0.0133 e. The van der Waals surface area contributed by atoms with E-state index in [0.29, 0.717) is 5.92 Å². The third kappa shape index (κ3) is 1.07. The third-order valence-electron chi connectivity index (χ3n) is 3.00. The summed E-state index contributed by atoms with van der Waals surface area (Å²) in [6, 6.07) is 20.1. The van der Waals surface area contributed by atoms with Crippen LogP contribution in [0.5, 0.6) is 0 Å². The normalized spacial score (nSPS) is 18.4. The first-order valence-electron chi connectivity index (χ1n) is 4.99. The monoisotopic (exact) mass is 179 g/mol. The zero-order valence-electron chi connectivity index (χ0n) is 7.90. The van der Waals surface area contributed by atoms with Gasteiger partial charge in [-0.1, -0.05) is 48.5 Å². The van der Waals surface area contributed by atoms with Gasteiger partial charge >= 0.3 is 0 Å². The molecule has 0 N–H and O–H groups in total. The maximum atomic E-state index is 3.06. The Hall–Kier alpha value is -1.56. The van der Waals surface area contributed by atoms with E-state index in [0.717, 1.165) is 0 Å². The molecule has 14 heavy (non-hydrogen) atoms. The van der Waals surface area contributed by atoms with Crippen LogP contribution in [-0.4, -0.2) is 0 Å². The molecule has 0 aliphatic heterocycles. The van der Waals surface area contributed by atoms with Crippen molar-refractivity contribution in [3.63, 3.8) is 0 Å². The highest BCUT2D eigenvalue weighted by Gasteiger charge is 2.26. The van der Waals surface area contributed by atoms with E-state index in [4.69, 9.17) is 0 Å². The van der Waals surface area contributed by atoms with E-state index in [-0.39, 0.29) is 0 Å². The second-order valence-corrected chi connectivity index (χ2v) is 3.79. The fourth-order valence-electron chi connectivity index (χ4n) is 2.19. The Morgan fingerprint density at radius 2 is 1.79 bits per heavy atom. The highest BCUT2D eigenvalue weighted by molar-refractivity contribution is 5.46. The predicted octanol–water partition coefficient (Wildman–Crippen LogP) is 3.17. The number of hydrogen-bond acceptors (Lipinski definition) is 0. The lowest BCUT2D eigenvalue weighted by molar-refractivity contribution is 0.708. The summed E-state index contributed by atoms with van der Waals surface area (Å²) >= 11 is 0. The van der Waals surface area contributed by atoms with Crippen molar-refractivity contribution in [3.8, 4) is 0 Å². The SMILES string of the molecule is [c]1ccc(C2Cc3ccccc32)cc1. The van der Waals surface area contributed by atoms with Crippen LogP contribution >= 0.6 is 0 Å². The van der Waals surface area contributed by atoms with Gasteiger partial charge in [0, 0.05) is 5.92 Å². The number of hydrogen-bond donors (Lipinski definition) is 0. The van der Waals surface area contributed by atoms with Crippen LogP contribution in [0.15, 0.2) is 48.5 Å². The van der Waals surface area contributed by atoms with E-state index >= 15 is 0 Å². The first-order chi connectivity index (χ1) is 6.95. The standard InChI is InChI=1S/C14H11/c1-2-6-11(7-3-1)14-10-12-8-4-5-9-13(12)14/h2-9,14H,10H2. The molecule has 0 fully saturated rings. The summed E-state index contributed by atoms with van der Waals surface area (Å²) in [7, 11) is 0. The van der Waals surface area contributed by atoms with Crippen LogP contribution in [0.3, 0.4) is 0 Å². The molecule has 1 aliphatic rings. The van der Waals surface area contributed by atoms with Gasteiger partial charge in [0.2, 0.25) is 0 Å². The lowest BCUT2D eigenvalue weighted by Gasteiger charge is -2.30. The topological polar surface area (TPSA) is 0 Å². The molecule has 0 saturated heterocycles. The van der Waals surface area contributed by atoms with E-state index in [2.05, 4.69) is 42.5 Å². The van der Waals surface area contributed by atoms with Gasteiger partial charge in [0.1, 0.15) is 0 Å². The van der Waals surface area contributed by atoms with E-state index in [1.165, 1.54) is 23.1 Å². The summed E-state index contributed by atoms with van der Waals surface area (Å²) in [5.74, 6) is 0.626. The van der Waals surface area contributed by atoms with Crippen LogP contribution in [0.2, 0.25) is 0 Å². The van der Waals surface area contributed by atoms with E-state index < -0.39 is 0 Å². The van der Waals surface area contributed by atoms with Gasteiger partial charge in [0.15, 0.2) is 0 Å². The molecule has 1 unspecified atom stereocenters. The van der Waals surface area contributed by atoms with Crippen molar-refractivity contribution in [1.29, 1.82) is 0 Å². The molecule has 0 saturated carbocycles. The first-order valence-corrected chi connectivity index (χ1v) is 4.99. The summed E-state index contributed by atoms with van der Waals surface area (Å²) in [6.07, 6.45) is 1.19. The largest absolute Gasteiger partial charge is 0.0620 e. The van der Waals surface area contributed by atoms with Crippen LogP contribution in [0, 0.1) is 6.07 Å². The Morgan fingerprint density at radius 1 is 1.00 bits per heavy atom. The number of fused-ring (bicyclic) bond motifs is 1. The number of rotatable bonds is 1. The van der Waals surface area contributed by atoms with Crippen molar-refractivity contribution >= 4 is 0 Å². The van der Waals surface area contributed by atoms with Crippen LogP contribution in [-0.2, 0) is 6.42 Å². The molecular formula is C14H11. The van der Waals surface area contributed by atoms with Crippen molar-refractivity contribution in [1.82, 2.24) is 0 Å². The lowest BCUT2D eigenvalue weighted by atomic mass is 9.74. The van der Waals surface area contributed by atoms with Crippen LogP contribution < -0.4 is 0 Å². The van der Waals surface area contributed by atoms with Crippen LogP contribution in [0.25, 0.3) is 0 Å². The minimum absolute atomic E-state index is 0.626. The fourth-order valence-corrected chi connectivity index (χ4v) is 2.19. The molecule has 0 nitrogen and oxygen atoms in total. The van der Waals surface area contributed by atoms with Crippen molar-refractivity contribution in [2.24, 2.45) is 0 Å². The summed E-state index contributed by atoms with van der Waals surface area (Å²) < 4.78 is 0. The molecular weight excluding hydrogens is 168 g/mol. The Morgan fingerprint density at radius 3 is 2.57 bits per heavy atom. The maximum absolute atomic E-state index is 3.06. The summed E-state index contributed by atoms with van der Waals surface area (Å²) in [5, 5.41) is 0. The third-order valence-corrected chi connectivity index (χ3v) is 3.00. The molecule has 0 aromatic heterocycles. The second-order valence-electron chi connectivity index (χ2n) is 3.79. The van der Waals surface area contributed by atoms with Gasteiger partial charge in [-0.15, -0.1) is 0 Å². The van der Waals surface area contributed by atoms with Gasteiger partial charge in [-0.2, -0.15) is 0 Å². The zero-order chi connectivity index (χ0) is 9.38. The fraction of sp³-hybridized carbons (Fsp3) is 0.143. The van der Waals surface area contributed by atoms with Gasteiger partial charge in [0.05, 0.1) is 0 Å². The van der Waals surface area contributed by atoms with Gasteiger partial charge in [-0.3, -0.25) is 0 Å². The summed E-state index contributed by atoms with van der Waals surface area (Å²) in [5.41, 5.74) is 4.42. The molecule has 1 aliphatic carbocycles. The Labute approximate surface area is 84.2 Å². The van der Waals surface area contributed by atoms with Crippen molar-refractivity contribution < 1.29 is 0 Å².